The molecule has 0 bridgehead atoms. The monoisotopic (exact) mass is 413 g/mol. The van der Waals surface area contributed by atoms with Gasteiger partial charge in [0, 0.05) is 23.5 Å². The molecule has 2 aromatic heterocycles. The number of nitrogens with zero attached hydrogens (tertiary/aromatic N) is 3. The van der Waals surface area contributed by atoms with Crippen LogP contribution in [0.2, 0.25) is 0 Å². The van der Waals surface area contributed by atoms with Crippen molar-refractivity contribution in [3.05, 3.63) is 45.8 Å². The number of hydrogen-bond acceptors (Lipinski definition) is 6. The van der Waals surface area contributed by atoms with Gasteiger partial charge in [0.1, 0.15) is 17.1 Å². The minimum absolute atomic E-state index is 0.0145. The number of ether oxygens (including phenoxy) is 2. The topological polar surface area (TPSA) is 73.7 Å². The Morgan fingerprint density at radius 3 is 2.66 bits per heavy atom. The van der Waals surface area contributed by atoms with E-state index in [2.05, 4.69) is 4.98 Å². The zero-order chi connectivity index (χ0) is 20.4. The number of benzene rings is 1. The molecule has 3 aromatic rings. The summed E-state index contributed by atoms with van der Waals surface area (Å²) in [7, 11) is 0. The maximum absolute atomic E-state index is 13.2. The minimum atomic E-state index is -0.190. The molecule has 1 aliphatic rings. The van der Waals surface area contributed by atoms with E-state index in [1.54, 1.807) is 4.90 Å². The quantitative estimate of drug-likeness (QED) is 0.643. The Morgan fingerprint density at radius 2 is 1.97 bits per heavy atom. The predicted molar refractivity (Wildman–Crippen MR) is 113 cm³/mol. The Balaban J connectivity index is 1.70. The molecule has 1 aromatic carbocycles. The molecule has 7 nitrogen and oxygen atoms in total. The molecule has 0 aliphatic carbocycles. The fourth-order valence-corrected chi connectivity index (χ4v) is 4.54. The van der Waals surface area contributed by atoms with E-state index in [4.69, 9.17) is 9.47 Å². The van der Waals surface area contributed by atoms with Gasteiger partial charge in [-0.3, -0.25) is 14.2 Å². The number of fused-ring (bicyclic) bond motifs is 1. The number of carbonyl (C=O) groups excluding carboxylic acids is 1. The third kappa shape index (κ3) is 3.90. The summed E-state index contributed by atoms with van der Waals surface area (Å²) in [6.07, 6.45) is 1.47. The first kappa shape index (κ1) is 19.6. The van der Waals surface area contributed by atoms with Crippen LogP contribution in [0, 0.1) is 6.92 Å². The van der Waals surface area contributed by atoms with Crippen molar-refractivity contribution in [2.24, 2.45) is 0 Å². The summed E-state index contributed by atoms with van der Waals surface area (Å²) >= 11 is 1.49. The van der Waals surface area contributed by atoms with E-state index in [0.717, 1.165) is 21.8 Å². The third-order valence-electron chi connectivity index (χ3n) is 4.98. The van der Waals surface area contributed by atoms with Crippen LogP contribution in [0.1, 0.15) is 11.8 Å². The third-order valence-corrected chi connectivity index (χ3v) is 5.99. The van der Waals surface area contributed by atoms with Crippen LogP contribution < -0.4 is 10.3 Å². The molecule has 0 atom stereocenters. The summed E-state index contributed by atoms with van der Waals surface area (Å²) in [5.41, 5.74) is 1.62. The van der Waals surface area contributed by atoms with Crippen molar-refractivity contribution in [2.45, 2.75) is 20.4 Å². The number of morpholine rings is 1. The van der Waals surface area contributed by atoms with Crippen LogP contribution in [-0.4, -0.2) is 53.3 Å². The number of aryl methyl sites for hydroxylation is 1. The molecule has 0 N–H and O–H groups in total. The van der Waals surface area contributed by atoms with Crippen LogP contribution in [0.5, 0.6) is 5.75 Å². The Bertz CT molecular complexity index is 1080. The molecule has 0 spiro atoms. The molecule has 0 unspecified atom stereocenters. The largest absolute Gasteiger partial charge is 0.494 e. The first-order valence-electron chi connectivity index (χ1n) is 9.65. The molecule has 152 valence electrons. The molecule has 29 heavy (non-hydrogen) atoms. The van der Waals surface area contributed by atoms with Gasteiger partial charge >= 0.3 is 0 Å². The molecule has 1 fully saturated rings. The Kier molecular flexibility index (Phi) is 5.64. The molecule has 0 radical (unpaired) electrons. The summed E-state index contributed by atoms with van der Waals surface area (Å²) in [5, 5.41) is 0.564. The van der Waals surface area contributed by atoms with Crippen LogP contribution in [-0.2, 0) is 16.1 Å². The van der Waals surface area contributed by atoms with E-state index in [1.165, 1.54) is 22.2 Å². The maximum atomic E-state index is 13.2. The van der Waals surface area contributed by atoms with Crippen LogP contribution in [0.25, 0.3) is 21.3 Å². The lowest BCUT2D eigenvalue weighted by molar-refractivity contribution is -0.135. The number of amides is 1. The summed E-state index contributed by atoms with van der Waals surface area (Å²) in [4.78, 5) is 33.7. The van der Waals surface area contributed by atoms with Gasteiger partial charge in [-0.25, -0.2) is 4.98 Å². The highest BCUT2D eigenvalue weighted by Gasteiger charge is 2.21. The second-order valence-electron chi connectivity index (χ2n) is 6.84. The van der Waals surface area contributed by atoms with Crippen molar-refractivity contribution in [1.82, 2.24) is 14.5 Å². The molecule has 1 aliphatic heterocycles. The second-order valence-corrected chi connectivity index (χ2v) is 8.04. The fourth-order valence-electron chi connectivity index (χ4n) is 3.54. The predicted octanol–water partition coefficient (Wildman–Crippen LogP) is 2.69. The van der Waals surface area contributed by atoms with E-state index in [0.29, 0.717) is 43.1 Å². The highest BCUT2D eigenvalue weighted by molar-refractivity contribution is 7.19. The highest BCUT2D eigenvalue weighted by Crippen LogP contribution is 2.36. The first-order chi connectivity index (χ1) is 14.1. The Morgan fingerprint density at radius 1 is 1.24 bits per heavy atom. The molecule has 8 heteroatoms. The molecule has 3 heterocycles. The van der Waals surface area contributed by atoms with Gasteiger partial charge in [-0.2, -0.15) is 0 Å². The van der Waals surface area contributed by atoms with Crippen molar-refractivity contribution in [3.8, 4) is 16.9 Å². The number of thiophene rings is 1. The van der Waals surface area contributed by atoms with E-state index in [1.807, 2.05) is 38.1 Å². The van der Waals surface area contributed by atoms with Crippen LogP contribution in [0.3, 0.4) is 0 Å². The van der Waals surface area contributed by atoms with Gasteiger partial charge in [0.05, 0.1) is 31.5 Å². The van der Waals surface area contributed by atoms with E-state index in [9.17, 15) is 9.59 Å². The zero-order valence-corrected chi connectivity index (χ0v) is 17.3. The van der Waals surface area contributed by atoms with Gasteiger partial charge in [-0.1, -0.05) is 12.1 Å². The smallest absolute Gasteiger partial charge is 0.263 e. The molecule has 4 rings (SSSR count). The van der Waals surface area contributed by atoms with Crippen LogP contribution in [0.15, 0.2) is 35.4 Å². The summed E-state index contributed by atoms with van der Waals surface area (Å²) < 4.78 is 12.2. The highest BCUT2D eigenvalue weighted by atomic mass is 32.1. The van der Waals surface area contributed by atoms with Gasteiger partial charge in [0.15, 0.2) is 0 Å². The standard InChI is InChI=1S/C21H23N3O4S/c1-3-28-16-6-4-15(5-7-16)18-14(2)29-20-19(18)21(26)24(13-22-20)12-17(25)23-8-10-27-11-9-23/h4-7,13H,3,8-12H2,1-2H3. The SMILES string of the molecule is CCOc1ccc(-c2c(C)sc3ncn(CC(=O)N4CCOCC4)c(=O)c23)cc1. The lowest BCUT2D eigenvalue weighted by atomic mass is 10.0. The number of hydrogen-bond donors (Lipinski definition) is 0. The van der Waals surface area contributed by atoms with Crippen molar-refractivity contribution < 1.29 is 14.3 Å². The van der Waals surface area contributed by atoms with Gasteiger partial charge < -0.3 is 14.4 Å². The minimum Gasteiger partial charge on any atom is -0.494 e. The number of rotatable bonds is 5. The Labute approximate surface area is 172 Å². The van der Waals surface area contributed by atoms with Crippen LogP contribution >= 0.6 is 11.3 Å². The number of aromatic nitrogens is 2. The van der Waals surface area contributed by atoms with E-state index < -0.39 is 0 Å². The van der Waals surface area contributed by atoms with Gasteiger partial charge in [-0.05, 0) is 31.5 Å². The second kappa shape index (κ2) is 8.34. The molecular formula is C21H23N3O4S. The molecule has 1 saturated heterocycles. The fraction of sp³-hybridized carbons (Fsp3) is 0.381. The van der Waals surface area contributed by atoms with E-state index >= 15 is 0 Å². The van der Waals surface area contributed by atoms with E-state index in [-0.39, 0.29) is 18.0 Å². The summed E-state index contributed by atoms with van der Waals surface area (Å²) in [5.74, 6) is 0.700. The lowest BCUT2D eigenvalue weighted by Crippen LogP contribution is -2.43. The Hall–Kier alpha value is -2.71. The summed E-state index contributed by atoms with van der Waals surface area (Å²) in [6.45, 7) is 6.69. The summed E-state index contributed by atoms with van der Waals surface area (Å²) in [6, 6.07) is 7.71. The zero-order valence-electron chi connectivity index (χ0n) is 16.5. The van der Waals surface area contributed by atoms with Crippen molar-refractivity contribution in [1.29, 1.82) is 0 Å². The van der Waals surface area contributed by atoms with Crippen molar-refractivity contribution in [3.63, 3.8) is 0 Å². The van der Waals surface area contributed by atoms with Crippen LogP contribution in [0.4, 0.5) is 0 Å². The van der Waals surface area contributed by atoms with Crippen molar-refractivity contribution >= 4 is 27.5 Å². The molecule has 0 saturated carbocycles. The molecule has 1 amide bonds. The van der Waals surface area contributed by atoms with Gasteiger partial charge in [0.25, 0.3) is 5.56 Å². The maximum Gasteiger partial charge on any atom is 0.263 e. The van der Waals surface area contributed by atoms with Gasteiger partial charge in [-0.15, -0.1) is 11.3 Å². The lowest BCUT2D eigenvalue weighted by Gasteiger charge is -2.26. The normalized spacial score (nSPS) is 14.3. The van der Waals surface area contributed by atoms with Crippen molar-refractivity contribution in [2.75, 3.05) is 32.9 Å². The first-order valence-corrected chi connectivity index (χ1v) is 10.5. The average Bonchev–Trinajstić information content (AvgIpc) is 3.08. The number of carbonyl (C=O) groups is 1. The average molecular weight is 413 g/mol. The van der Waals surface area contributed by atoms with Gasteiger partial charge in [0.2, 0.25) is 5.91 Å². The molecular weight excluding hydrogens is 390 g/mol.